The second-order valence-electron chi connectivity index (χ2n) is 4.19. The first-order chi connectivity index (χ1) is 7.49. The van der Waals surface area contributed by atoms with Gasteiger partial charge in [0.15, 0.2) is 0 Å². The number of likely N-dealkylation sites (N-methyl/N-ethyl adjacent to an activating group) is 1. The number of hydrogen-bond donors (Lipinski definition) is 1. The van der Waals surface area contributed by atoms with Crippen LogP contribution in [0.4, 0.5) is 4.79 Å². The van der Waals surface area contributed by atoms with Crippen LogP contribution < -0.4 is 0 Å². The minimum atomic E-state index is -0.926. The Morgan fingerprint density at radius 1 is 1.62 bits per heavy atom. The summed E-state index contributed by atoms with van der Waals surface area (Å²) in [5.41, 5.74) is 0. The fraction of sp³-hybridized carbons (Fsp3) is 0.636. The number of amides is 2. The molecule has 0 spiro atoms. The van der Waals surface area contributed by atoms with E-state index in [1.165, 1.54) is 9.80 Å². The normalized spacial score (nSPS) is 24.2. The number of rotatable bonds is 3. The summed E-state index contributed by atoms with van der Waals surface area (Å²) in [6, 6.07) is -0.934. The molecule has 0 aromatic carbocycles. The molecule has 5 nitrogen and oxygen atoms in total. The van der Waals surface area contributed by atoms with Crippen LogP contribution in [0, 0.1) is 5.92 Å². The highest BCUT2D eigenvalue weighted by atomic mass is 16.4. The minimum Gasteiger partial charge on any atom is -0.480 e. The lowest BCUT2D eigenvalue weighted by Crippen LogP contribution is -2.48. The maximum atomic E-state index is 11.9. The molecule has 0 bridgehead atoms. The summed E-state index contributed by atoms with van der Waals surface area (Å²) in [5, 5.41) is 9.08. The van der Waals surface area contributed by atoms with Gasteiger partial charge in [-0.3, -0.25) is 0 Å². The molecule has 2 amide bonds. The zero-order valence-electron chi connectivity index (χ0n) is 9.72. The Balaban J connectivity index is 2.75. The van der Waals surface area contributed by atoms with E-state index in [1.807, 2.05) is 6.92 Å². The van der Waals surface area contributed by atoms with Crippen molar-refractivity contribution < 1.29 is 14.7 Å². The molecule has 0 saturated carbocycles. The van der Waals surface area contributed by atoms with E-state index in [9.17, 15) is 9.59 Å². The van der Waals surface area contributed by atoms with Crippen molar-refractivity contribution in [2.45, 2.75) is 19.4 Å². The summed E-state index contributed by atoms with van der Waals surface area (Å²) in [4.78, 5) is 25.9. The molecule has 16 heavy (non-hydrogen) atoms. The Morgan fingerprint density at radius 2 is 2.25 bits per heavy atom. The zero-order valence-corrected chi connectivity index (χ0v) is 9.72. The van der Waals surface area contributed by atoms with E-state index in [0.29, 0.717) is 13.1 Å². The van der Waals surface area contributed by atoms with E-state index in [-0.39, 0.29) is 11.9 Å². The van der Waals surface area contributed by atoms with Gasteiger partial charge in [0.25, 0.3) is 0 Å². The van der Waals surface area contributed by atoms with Gasteiger partial charge in [-0.25, -0.2) is 9.59 Å². The maximum absolute atomic E-state index is 11.9. The van der Waals surface area contributed by atoms with Crippen LogP contribution in [-0.4, -0.2) is 53.1 Å². The summed E-state index contributed by atoms with van der Waals surface area (Å²) in [5.74, 6) is -0.913. The molecule has 2 atom stereocenters. The van der Waals surface area contributed by atoms with Gasteiger partial charge in [0.2, 0.25) is 0 Å². The topological polar surface area (TPSA) is 60.9 Å². The lowest BCUT2D eigenvalue weighted by Gasteiger charge is -2.27. The Morgan fingerprint density at radius 3 is 2.75 bits per heavy atom. The molecule has 1 rings (SSSR count). The first kappa shape index (κ1) is 12.5. The van der Waals surface area contributed by atoms with Gasteiger partial charge in [0, 0.05) is 20.1 Å². The van der Waals surface area contributed by atoms with Crippen LogP contribution >= 0.6 is 0 Å². The van der Waals surface area contributed by atoms with Gasteiger partial charge < -0.3 is 14.9 Å². The molecule has 5 heteroatoms. The number of carboxylic acids is 1. The zero-order chi connectivity index (χ0) is 12.3. The number of carbonyl (C=O) groups excluding carboxylic acids is 1. The quantitative estimate of drug-likeness (QED) is 0.731. The number of urea groups is 1. The third kappa shape index (κ3) is 2.35. The molecule has 90 valence electrons. The van der Waals surface area contributed by atoms with E-state index < -0.39 is 12.0 Å². The molecule has 0 aromatic heterocycles. The molecular formula is C11H18N2O3. The molecule has 1 fully saturated rings. The van der Waals surface area contributed by atoms with Crippen molar-refractivity contribution >= 4 is 12.0 Å². The van der Waals surface area contributed by atoms with Crippen molar-refractivity contribution in [2.24, 2.45) is 5.92 Å². The highest BCUT2D eigenvalue weighted by Crippen LogP contribution is 2.24. The molecule has 0 radical (unpaired) electrons. The number of hydrogen-bond acceptors (Lipinski definition) is 2. The van der Waals surface area contributed by atoms with Crippen LogP contribution in [0.1, 0.15) is 13.3 Å². The molecule has 1 saturated heterocycles. The second kappa shape index (κ2) is 5.01. The van der Waals surface area contributed by atoms with Crippen molar-refractivity contribution in [2.75, 3.05) is 20.1 Å². The highest BCUT2D eigenvalue weighted by molar-refractivity contribution is 5.83. The van der Waals surface area contributed by atoms with Gasteiger partial charge in [-0.15, -0.1) is 6.58 Å². The minimum absolute atomic E-state index is 0.0126. The Bertz CT molecular complexity index is 304. The summed E-state index contributed by atoms with van der Waals surface area (Å²) in [6.45, 7) is 6.35. The van der Waals surface area contributed by atoms with Crippen LogP contribution in [0.15, 0.2) is 12.7 Å². The molecule has 1 N–H and O–H groups in total. The monoisotopic (exact) mass is 226 g/mol. The smallest absolute Gasteiger partial charge is 0.326 e. The molecule has 1 aliphatic heterocycles. The van der Waals surface area contributed by atoms with Crippen molar-refractivity contribution in [1.29, 1.82) is 0 Å². The van der Waals surface area contributed by atoms with E-state index >= 15 is 0 Å². The lowest BCUT2D eigenvalue weighted by molar-refractivity contribution is -0.142. The number of aliphatic carboxylic acids is 1. The number of nitrogens with zero attached hydrogens (tertiary/aromatic N) is 2. The van der Waals surface area contributed by atoms with Crippen LogP contribution in [0.3, 0.4) is 0 Å². The standard InChI is InChI=1S/C11H18N2O3/c1-4-6-12(3)11(16)13-7-5-8(2)9(13)10(14)15/h4,8-9H,1,5-7H2,2-3H3,(H,14,15). The van der Waals surface area contributed by atoms with Crippen LogP contribution in [-0.2, 0) is 4.79 Å². The van der Waals surface area contributed by atoms with Gasteiger partial charge in [0.1, 0.15) is 6.04 Å². The fourth-order valence-electron chi connectivity index (χ4n) is 2.03. The maximum Gasteiger partial charge on any atom is 0.326 e. The first-order valence-electron chi connectivity index (χ1n) is 5.34. The predicted octanol–water partition coefficient (Wildman–Crippen LogP) is 1.02. The van der Waals surface area contributed by atoms with E-state index in [2.05, 4.69) is 6.58 Å². The van der Waals surface area contributed by atoms with Crippen molar-refractivity contribution in [1.82, 2.24) is 9.80 Å². The predicted molar refractivity (Wildman–Crippen MR) is 60.1 cm³/mol. The fourth-order valence-corrected chi connectivity index (χ4v) is 2.03. The Labute approximate surface area is 95.3 Å². The second-order valence-corrected chi connectivity index (χ2v) is 4.19. The highest BCUT2D eigenvalue weighted by Gasteiger charge is 2.40. The van der Waals surface area contributed by atoms with Crippen molar-refractivity contribution in [3.8, 4) is 0 Å². The lowest BCUT2D eigenvalue weighted by atomic mass is 10.0. The molecule has 0 aromatic rings. The molecule has 2 unspecified atom stereocenters. The number of carbonyl (C=O) groups is 2. The van der Waals surface area contributed by atoms with Gasteiger partial charge >= 0.3 is 12.0 Å². The molecule has 0 aliphatic carbocycles. The SMILES string of the molecule is C=CCN(C)C(=O)N1CCC(C)C1C(=O)O. The summed E-state index contributed by atoms with van der Waals surface area (Å²) >= 11 is 0. The molecule has 1 aliphatic rings. The average molecular weight is 226 g/mol. The van der Waals surface area contributed by atoms with Crippen molar-refractivity contribution in [3.05, 3.63) is 12.7 Å². The molecule has 1 heterocycles. The number of likely N-dealkylation sites (tertiary alicyclic amines) is 1. The van der Waals surface area contributed by atoms with Gasteiger partial charge in [-0.1, -0.05) is 13.0 Å². The van der Waals surface area contributed by atoms with Crippen LogP contribution in [0.5, 0.6) is 0 Å². The average Bonchev–Trinajstić information content (AvgIpc) is 2.59. The van der Waals surface area contributed by atoms with Gasteiger partial charge in [0.05, 0.1) is 0 Å². The third-order valence-electron chi connectivity index (χ3n) is 2.93. The number of carboxylic acid groups (broad SMARTS) is 1. The largest absolute Gasteiger partial charge is 0.480 e. The van der Waals surface area contributed by atoms with Gasteiger partial charge in [-0.2, -0.15) is 0 Å². The Hall–Kier alpha value is -1.52. The van der Waals surface area contributed by atoms with Crippen LogP contribution in [0.2, 0.25) is 0 Å². The van der Waals surface area contributed by atoms with E-state index in [0.717, 1.165) is 6.42 Å². The Kier molecular flexibility index (Phi) is 3.93. The van der Waals surface area contributed by atoms with Crippen LogP contribution in [0.25, 0.3) is 0 Å². The third-order valence-corrected chi connectivity index (χ3v) is 2.93. The summed E-state index contributed by atoms with van der Waals surface area (Å²) in [7, 11) is 1.64. The molecular weight excluding hydrogens is 208 g/mol. The van der Waals surface area contributed by atoms with E-state index in [1.54, 1.807) is 13.1 Å². The van der Waals surface area contributed by atoms with E-state index in [4.69, 9.17) is 5.11 Å². The first-order valence-corrected chi connectivity index (χ1v) is 5.34. The summed E-state index contributed by atoms with van der Waals surface area (Å²) in [6.07, 6.45) is 2.36. The summed E-state index contributed by atoms with van der Waals surface area (Å²) < 4.78 is 0. The van der Waals surface area contributed by atoms with Gasteiger partial charge in [-0.05, 0) is 12.3 Å². The van der Waals surface area contributed by atoms with Crippen molar-refractivity contribution in [3.63, 3.8) is 0 Å².